The second kappa shape index (κ2) is 4.81. The van der Waals surface area contributed by atoms with Crippen molar-refractivity contribution >= 4 is 10.3 Å². The summed E-state index contributed by atoms with van der Waals surface area (Å²) in [4.78, 5) is 2.74. The zero-order valence-corrected chi connectivity index (χ0v) is 9.37. The van der Waals surface area contributed by atoms with Crippen molar-refractivity contribution in [3.05, 3.63) is 64.4 Å². The average Bonchev–Trinajstić information content (AvgIpc) is 2.31. The minimum absolute atomic E-state index is 0.256. The number of aromatic nitrogens is 1. The Bertz CT molecular complexity index is 634. The highest BCUT2D eigenvalue weighted by Gasteiger charge is 1.99. The highest BCUT2D eigenvalue weighted by molar-refractivity contribution is 7.63. The minimum Gasteiger partial charge on any atom is -0.349 e. The van der Waals surface area contributed by atoms with Crippen molar-refractivity contribution in [1.29, 1.82) is 0 Å². The highest BCUT2D eigenvalue weighted by Crippen LogP contribution is 2.08. The first-order valence-electron chi connectivity index (χ1n) is 4.90. The lowest BCUT2D eigenvalue weighted by atomic mass is 10.1. The van der Waals surface area contributed by atoms with Gasteiger partial charge in [0.1, 0.15) is 0 Å². The van der Waals surface area contributed by atoms with E-state index in [0.717, 1.165) is 11.1 Å². The van der Waals surface area contributed by atoms with Gasteiger partial charge in [0.2, 0.25) is 10.3 Å². The van der Waals surface area contributed by atoms with Crippen molar-refractivity contribution in [2.24, 2.45) is 0 Å². The van der Waals surface area contributed by atoms with E-state index in [1.54, 1.807) is 12.3 Å². The first-order valence-corrected chi connectivity index (χ1v) is 5.97. The standard InChI is InChI=1S/C12H11NO2S/c14-16(15)12-11(7-4-8-13-12)9-10-5-2-1-3-6-10/h1-8,13H,9H2. The Morgan fingerprint density at radius 2 is 1.75 bits per heavy atom. The smallest absolute Gasteiger partial charge is 0.238 e. The van der Waals surface area contributed by atoms with Gasteiger partial charge in [-0.25, -0.2) is 0 Å². The molecule has 2 aromatic rings. The van der Waals surface area contributed by atoms with Crippen molar-refractivity contribution in [2.45, 2.75) is 6.42 Å². The monoisotopic (exact) mass is 233 g/mol. The van der Waals surface area contributed by atoms with Gasteiger partial charge < -0.3 is 4.98 Å². The summed E-state index contributed by atoms with van der Waals surface area (Å²) in [5, 5.41) is 0. The molecule has 1 aromatic heterocycles. The number of nitrogens with one attached hydrogen (secondary N) is 1. The maximum atomic E-state index is 11.0. The summed E-state index contributed by atoms with van der Waals surface area (Å²) < 4.78 is 22.2. The molecule has 82 valence electrons. The molecule has 1 heterocycles. The van der Waals surface area contributed by atoms with E-state index in [-0.39, 0.29) is 4.64 Å². The number of rotatable bonds is 2. The highest BCUT2D eigenvalue weighted by atomic mass is 32.2. The fraction of sp³-hybridized carbons (Fsp3) is 0.0833. The lowest BCUT2D eigenvalue weighted by Crippen LogP contribution is -1.92. The van der Waals surface area contributed by atoms with Crippen LogP contribution in [0.5, 0.6) is 0 Å². The van der Waals surface area contributed by atoms with Gasteiger partial charge in [0.25, 0.3) is 0 Å². The Kier molecular flexibility index (Phi) is 3.22. The Balaban J connectivity index is 2.48. The van der Waals surface area contributed by atoms with Crippen LogP contribution >= 0.6 is 0 Å². The van der Waals surface area contributed by atoms with Crippen LogP contribution in [0.4, 0.5) is 0 Å². The number of benzene rings is 1. The molecule has 0 bridgehead atoms. The SMILES string of the molecule is O=S(=O)=c1[nH]cccc1Cc1ccccc1. The number of pyridine rings is 1. The number of H-pyrrole nitrogens is 1. The van der Waals surface area contributed by atoms with Crippen molar-refractivity contribution in [1.82, 2.24) is 4.98 Å². The van der Waals surface area contributed by atoms with Crippen molar-refractivity contribution in [2.75, 3.05) is 0 Å². The lowest BCUT2D eigenvalue weighted by Gasteiger charge is -2.00. The predicted molar refractivity (Wildman–Crippen MR) is 62.2 cm³/mol. The molecule has 2 rings (SSSR count). The van der Waals surface area contributed by atoms with Gasteiger partial charge in [0, 0.05) is 12.6 Å². The van der Waals surface area contributed by atoms with Crippen LogP contribution in [-0.4, -0.2) is 13.4 Å². The molecule has 0 amide bonds. The third-order valence-corrected chi connectivity index (χ3v) is 3.02. The van der Waals surface area contributed by atoms with Gasteiger partial charge in [-0.05, 0) is 17.2 Å². The molecule has 0 saturated heterocycles. The molecule has 0 aliphatic heterocycles. The summed E-state index contributed by atoms with van der Waals surface area (Å²) in [5.41, 5.74) is 1.87. The van der Waals surface area contributed by atoms with E-state index in [1.807, 2.05) is 36.4 Å². The maximum absolute atomic E-state index is 11.0. The zero-order chi connectivity index (χ0) is 11.4. The summed E-state index contributed by atoms with van der Waals surface area (Å²) in [6.45, 7) is 0. The van der Waals surface area contributed by atoms with E-state index in [2.05, 4.69) is 4.98 Å². The summed E-state index contributed by atoms with van der Waals surface area (Å²) in [5.74, 6) is 0. The Labute approximate surface area is 94.9 Å². The summed E-state index contributed by atoms with van der Waals surface area (Å²) in [6, 6.07) is 13.4. The molecular weight excluding hydrogens is 222 g/mol. The molecular formula is C12H11NO2S. The fourth-order valence-electron chi connectivity index (χ4n) is 1.57. The number of hydrogen-bond acceptors (Lipinski definition) is 2. The lowest BCUT2D eigenvalue weighted by molar-refractivity contribution is 0.624. The Morgan fingerprint density at radius 1 is 1.00 bits per heavy atom. The molecule has 0 unspecified atom stereocenters. The van der Waals surface area contributed by atoms with Crippen LogP contribution in [0.2, 0.25) is 0 Å². The molecule has 1 aromatic carbocycles. The predicted octanol–water partition coefficient (Wildman–Crippen LogP) is 2.02. The molecule has 0 fully saturated rings. The van der Waals surface area contributed by atoms with Gasteiger partial charge in [-0.2, -0.15) is 8.42 Å². The Morgan fingerprint density at radius 3 is 2.44 bits per heavy atom. The van der Waals surface area contributed by atoms with Gasteiger partial charge in [0.05, 0.1) is 0 Å². The number of hydrogen-bond donors (Lipinski definition) is 1. The van der Waals surface area contributed by atoms with E-state index in [0.29, 0.717) is 6.42 Å². The first kappa shape index (κ1) is 10.7. The first-order chi connectivity index (χ1) is 7.77. The van der Waals surface area contributed by atoms with Crippen LogP contribution in [0.3, 0.4) is 0 Å². The second-order valence-corrected chi connectivity index (χ2v) is 4.30. The molecule has 0 aliphatic rings. The molecule has 0 radical (unpaired) electrons. The number of aromatic amines is 1. The summed E-state index contributed by atoms with van der Waals surface area (Å²) >= 11 is 0. The quantitative estimate of drug-likeness (QED) is 0.807. The topological polar surface area (TPSA) is 49.9 Å². The molecule has 1 N–H and O–H groups in total. The fourth-order valence-corrected chi connectivity index (χ4v) is 2.09. The molecule has 3 nitrogen and oxygen atoms in total. The van der Waals surface area contributed by atoms with Crippen LogP contribution in [0.25, 0.3) is 0 Å². The molecule has 4 heteroatoms. The summed E-state index contributed by atoms with van der Waals surface area (Å²) in [6.07, 6.45) is 2.22. The van der Waals surface area contributed by atoms with E-state index < -0.39 is 10.3 Å². The van der Waals surface area contributed by atoms with E-state index in [4.69, 9.17) is 0 Å². The van der Waals surface area contributed by atoms with Crippen LogP contribution in [-0.2, 0) is 16.7 Å². The van der Waals surface area contributed by atoms with E-state index in [9.17, 15) is 8.42 Å². The van der Waals surface area contributed by atoms with Crippen LogP contribution in [0.15, 0.2) is 48.7 Å². The minimum atomic E-state index is -2.22. The normalized spacial score (nSPS) is 10.0. The Hall–Kier alpha value is -1.81. The van der Waals surface area contributed by atoms with Gasteiger partial charge in [-0.1, -0.05) is 36.4 Å². The van der Waals surface area contributed by atoms with Crippen molar-refractivity contribution in [3.63, 3.8) is 0 Å². The maximum Gasteiger partial charge on any atom is 0.238 e. The summed E-state index contributed by atoms with van der Waals surface area (Å²) in [7, 11) is -2.22. The molecule has 0 atom stereocenters. The largest absolute Gasteiger partial charge is 0.349 e. The van der Waals surface area contributed by atoms with Gasteiger partial charge in [-0.15, -0.1) is 0 Å². The van der Waals surface area contributed by atoms with E-state index in [1.165, 1.54) is 0 Å². The molecule has 0 aliphatic carbocycles. The van der Waals surface area contributed by atoms with Crippen molar-refractivity contribution in [3.8, 4) is 0 Å². The molecule has 0 spiro atoms. The van der Waals surface area contributed by atoms with Gasteiger partial charge >= 0.3 is 0 Å². The van der Waals surface area contributed by atoms with Crippen LogP contribution < -0.4 is 0 Å². The zero-order valence-electron chi connectivity index (χ0n) is 8.55. The van der Waals surface area contributed by atoms with Gasteiger partial charge in [0.15, 0.2) is 4.64 Å². The third-order valence-electron chi connectivity index (χ3n) is 2.30. The average molecular weight is 233 g/mol. The van der Waals surface area contributed by atoms with Crippen LogP contribution in [0, 0.1) is 4.64 Å². The molecule has 0 saturated carbocycles. The molecule has 16 heavy (non-hydrogen) atoms. The second-order valence-electron chi connectivity index (χ2n) is 3.42. The van der Waals surface area contributed by atoms with Crippen LogP contribution in [0.1, 0.15) is 11.1 Å². The third kappa shape index (κ3) is 2.41. The van der Waals surface area contributed by atoms with Crippen molar-refractivity contribution < 1.29 is 8.42 Å². The van der Waals surface area contributed by atoms with E-state index >= 15 is 0 Å². The van der Waals surface area contributed by atoms with Gasteiger partial charge in [-0.3, -0.25) is 0 Å².